The van der Waals surface area contributed by atoms with E-state index in [4.69, 9.17) is 25.8 Å². The van der Waals surface area contributed by atoms with Crippen molar-refractivity contribution in [3.8, 4) is 23.0 Å². The molecule has 1 N–H and O–H groups in total. The predicted octanol–water partition coefficient (Wildman–Crippen LogP) is 4.07. The Balaban J connectivity index is 1.98. The molecule has 1 aliphatic heterocycles. The van der Waals surface area contributed by atoms with E-state index >= 15 is 0 Å². The van der Waals surface area contributed by atoms with Crippen molar-refractivity contribution in [1.82, 2.24) is 0 Å². The molecule has 0 unspecified atom stereocenters. The van der Waals surface area contributed by atoms with Gasteiger partial charge in [0.05, 0.1) is 24.3 Å². The largest absolute Gasteiger partial charge is 0.508 e. The van der Waals surface area contributed by atoms with E-state index in [-0.39, 0.29) is 17.3 Å². The van der Waals surface area contributed by atoms with Gasteiger partial charge in [0.15, 0.2) is 17.3 Å². The Morgan fingerprint density at radius 2 is 2.08 bits per heavy atom. The second-order valence-corrected chi connectivity index (χ2v) is 5.49. The first-order valence-electron chi connectivity index (χ1n) is 7.31. The zero-order valence-electron chi connectivity index (χ0n) is 13.1. The Morgan fingerprint density at radius 1 is 1.29 bits per heavy atom. The van der Waals surface area contributed by atoms with Crippen molar-refractivity contribution in [2.75, 3.05) is 13.7 Å². The summed E-state index contributed by atoms with van der Waals surface area (Å²) in [5, 5.41) is 9.86. The van der Waals surface area contributed by atoms with Gasteiger partial charge in [0, 0.05) is 6.07 Å². The number of ketones is 1. The first kappa shape index (κ1) is 16.2. The number of allylic oxidation sites excluding steroid dienone is 1. The maximum atomic E-state index is 12.4. The summed E-state index contributed by atoms with van der Waals surface area (Å²) < 4.78 is 16.3. The topological polar surface area (TPSA) is 65.0 Å². The van der Waals surface area contributed by atoms with Crippen LogP contribution in [0.1, 0.15) is 22.8 Å². The van der Waals surface area contributed by atoms with E-state index in [1.54, 1.807) is 18.2 Å². The summed E-state index contributed by atoms with van der Waals surface area (Å²) in [5.41, 5.74) is 1.05. The molecule has 124 valence electrons. The number of methoxy groups -OCH3 is 1. The lowest BCUT2D eigenvalue weighted by molar-refractivity contribution is 0.101. The lowest BCUT2D eigenvalue weighted by atomic mass is 10.1. The number of Topliss-reactive ketones (excluding diaryl/α,β-unsaturated/α-hetero) is 1. The molecule has 0 saturated heterocycles. The summed E-state index contributed by atoms with van der Waals surface area (Å²) in [6.45, 7) is 2.31. The summed E-state index contributed by atoms with van der Waals surface area (Å²) in [5.74, 6) is 1.18. The number of fused-ring (bicyclic) bond motifs is 1. The van der Waals surface area contributed by atoms with Crippen LogP contribution in [0.4, 0.5) is 0 Å². The van der Waals surface area contributed by atoms with Gasteiger partial charge in [-0.3, -0.25) is 4.79 Å². The van der Waals surface area contributed by atoms with Crippen LogP contribution in [0.15, 0.2) is 36.1 Å². The number of carbonyl (C=O) groups excluding carboxylic acids is 1. The van der Waals surface area contributed by atoms with Crippen LogP contribution in [-0.4, -0.2) is 24.6 Å². The molecule has 6 heteroatoms. The van der Waals surface area contributed by atoms with Crippen LogP contribution in [0.25, 0.3) is 6.08 Å². The molecule has 5 nitrogen and oxygen atoms in total. The van der Waals surface area contributed by atoms with E-state index in [9.17, 15) is 9.90 Å². The Bertz CT molecular complexity index is 842. The second kappa shape index (κ2) is 6.45. The van der Waals surface area contributed by atoms with Gasteiger partial charge < -0.3 is 19.3 Å². The van der Waals surface area contributed by atoms with Crippen LogP contribution in [0, 0.1) is 0 Å². The minimum Gasteiger partial charge on any atom is -0.508 e. The number of ether oxygens (including phenoxy) is 3. The normalized spacial score (nSPS) is 14.5. The Morgan fingerprint density at radius 3 is 2.79 bits per heavy atom. The summed E-state index contributed by atoms with van der Waals surface area (Å²) >= 11 is 6.23. The molecule has 2 aromatic rings. The van der Waals surface area contributed by atoms with Crippen LogP contribution < -0.4 is 14.2 Å². The Labute approximate surface area is 144 Å². The number of aromatic hydroxyl groups is 1. The fraction of sp³-hybridized carbons (Fsp3) is 0.167. The second-order valence-electron chi connectivity index (χ2n) is 5.09. The predicted molar refractivity (Wildman–Crippen MR) is 90.2 cm³/mol. The molecule has 0 amide bonds. The molecule has 2 aromatic carbocycles. The molecule has 0 radical (unpaired) electrons. The lowest BCUT2D eigenvalue weighted by Gasteiger charge is -2.12. The maximum Gasteiger partial charge on any atom is 0.231 e. The number of rotatable bonds is 4. The van der Waals surface area contributed by atoms with Crippen LogP contribution in [-0.2, 0) is 0 Å². The highest BCUT2D eigenvalue weighted by Crippen LogP contribution is 2.38. The van der Waals surface area contributed by atoms with Crippen molar-refractivity contribution in [3.63, 3.8) is 0 Å². The van der Waals surface area contributed by atoms with Crippen LogP contribution in [0.3, 0.4) is 0 Å². The SMILES string of the molecule is CCOc1c(Cl)cc(/C=C2/Oc3cc(O)ccc3C2=O)cc1OC. The van der Waals surface area contributed by atoms with Crippen molar-refractivity contribution >= 4 is 23.5 Å². The van der Waals surface area contributed by atoms with Crippen LogP contribution in [0.2, 0.25) is 5.02 Å². The van der Waals surface area contributed by atoms with E-state index in [1.807, 2.05) is 6.92 Å². The number of phenols is 1. The van der Waals surface area contributed by atoms with Gasteiger partial charge >= 0.3 is 0 Å². The van der Waals surface area contributed by atoms with Crippen molar-refractivity contribution in [3.05, 3.63) is 52.2 Å². The molecule has 0 saturated carbocycles. The first-order chi connectivity index (χ1) is 11.5. The average Bonchev–Trinajstić information content (AvgIpc) is 2.85. The number of carbonyl (C=O) groups is 1. The molecule has 0 spiro atoms. The number of halogens is 1. The fourth-order valence-corrected chi connectivity index (χ4v) is 2.71. The van der Waals surface area contributed by atoms with E-state index in [1.165, 1.54) is 25.3 Å². The molecular weight excluding hydrogens is 332 g/mol. The highest BCUT2D eigenvalue weighted by atomic mass is 35.5. The Hall–Kier alpha value is -2.66. The molecular formula is C18H15ClO5. The third-order valence-electron chi connectivity index (χ3n) is 3.49. The van der Waals surface area contributed by atoms with Gasteiger partial charge in [-0.25, -0.2) is 0 Å². The molecule has 1 heterocycles. The molecule has 24 heavy (non-hydrogen) atoms. The first-order valence-corrected chi connectivity index (χ1v) is 7.69. The van der Waals surface area contributed by atoms with Gasteiger partial charge in [-0.15, -0.1) is 0 Å². The average molecular weight is 347 g/mol. The quantitative estimate of drug-likeness (QED) is 0.845. The van der Waals surface area contributed by atoms with Crippen LogP contribution >= 0.6 is 11.6 Å². The molecule has 0 aromatic heterocycles. The number of phenolic OH excluding ortho intramolecular Hbond substituents is 1. The molecule has 0 atom stereocenters. The minimum atomic E-state index is -0.256. The minimum absolute atomic E-state index is 0.0357. The zero-order chi connectivity index (χ0) is 17.3. The van der Waals surface area contributed by atoms with Crippen molar-refractivity contribution < 1.29 is 24.1 Å². The van der Waals surface area contributed by atoms with Crippen molar-refractivity contribution in [2.24, 2.45) is 0 Å². The molecule has 0 aliphatic carbocycles. The lowest BCUT2D eigenvalue weighted by Crippen LogP contribution is -1.99. The zero-order valence-corrected chi connectivity index (χ0v) is 13.9. The van der Waals surface area contributed by atoms with Gasteiger partial charge in [-0.2, -0.15) is 0 Å². The summed E-state index contributed by atoms with van der Waals surface area (Å²) in [7, 11) is 1.51. The van der Waals surface area contributed by atoms with Gasteiger partial charge in [0.25, 0.3) is 0 Å². The van der Waals surface area contributed by atoms with Gasteiger partial charge in [0.1, 0.15) is 11.5 Å². The van der Waals surface area contributed by atoms with Gasteiger partial charge in [-0.05, 0) is 42.8 Å². The third kappa shape index (κ3) is 2.90. The van der Waals surface area contributed by atoms with E-state index in [0.717, 1.165) is 0 Å². The maximum absolute atomic E-state index is 12.4. The number of benzene rings is 2. The van der Waals surface area contributed by atoms with Gasteiger partial charge in [0.2, 0.25) is 5.78 Å². The third-order valence-corrected chi connectivity index (χ3v) is 3.77. The highest BCUT2D eigenvalue weighted by Gasteiger charge is 2.27. The Kier molecular flexibility index (Phi) is 4.36. The number of hydrogen-bond acceptors (Lipinski definition) is 5. The van der Waals surface area contributed by atoms with E-state index < -0.39 is 0 Å². The standard InChI is InChI=1S/C18H15ClO5/c1-3-23-18-13(19)6-10(8-16(18)22-2)7-15-17(21)12-5-4-11(20)9-14(12)24-15/h4-9,20H,3H2,1-2H3/b15-7+. The molecule has 1 aliphatic rings. The summed E-state index contributed by atoms with van der Waals surface area (Å²) in [6, 6.07) is 7.75. The smallest absolute Gasteiger partial charge is 0.231 e. The van der Waals surface area contributed by atoms with Crippen molar-refractivity contribution in [2.45, 2.75) is 6.92 Å². The molecule has 3 rings (SSSR count). The summed E-state index contributed by atoms with van der Waals surface area (Å²) in [6.07, 6.45) is 1.57. The monoisotopic (exact) mass is 346 g/mol. The van der Waals surface area contributed by atoms with E-state index in [2.05, 4.69) is 0 Å². The molecule has 0 fully saturated rings. The van der Waals surface area contributed by atoms with Crippen molar-refractivity contribution in [1.29, 1.82) is 0 Å². The highest BCUT2D eigenvalue weighted by molar-refractivity contribution is 6.32. The van der Waals surface area contributed by atoms with Gasteiger partial charge in [-0.1, -0.05) is 11.6 Å². The summed E-state index contributed by atoms with van der Waals surface area (Å²) in [4.78, 5) is 12.4. The fourth-order valence-electron chi connectivity index (χ4n) is 2.43. The van der Waals surface area contributed by atoms with Crippen LogP contribution in [0.5, 0.6) is 23.0 Å². The number of hydrogen-bond donors (Lipinski definition) is 1. The van der Waals surface area contributed by atoms with E-state index in [0.29, 0.717) is 40.0 Å². The molecule has 0 bridgehead atoms.